The summed E-state index contributed by atoms with van der Waals surface area (Å²) in [4.78, 5) is 2.04. The van der Waals surface area contributed by atoms with E-state index in [2.05, 4.69) is 13.8 Å². The molecule has 0 bridgehead atoms. The molecule has 0 aliphatic carbocycles. The highest BCUT2D eigenvalue weighted by Gasteiger charge is 2.16. The smallest absolute Gasteiger partial charge is 0.130 e. The van der Waals surface area contributed by atoms with E-state index in [0.29, 0.717) is 24.7 Å². The monoisotopic (exact) mass is 257 g/mol. The lowest BCUT2D eigenvalue weighted by Crippen LogP contribution is -2.36. The first-order chi connectivity index (χ1) is 8.62. The van der Waals surface area contributed by atoms with Gasteiger partial charge in [0.2, 0.25) is 0 Å². The molecule has 0 saturated carbocycles. The molecule has 0 aliphatic heterocycles. The number of aliphatic hydroxyl groups excluding tert-OH is 1. The molecule has 0 unspecified atom stereocenters. The van der Waals surface area contributed by atoms with E-state index >= 15 is 0 Å². The first-order valence-electron chi connectivity index (χ1n) is 6.41. The van der Waals surface area contributed by atoms with Gasteiger partial charge in [-0.05, 0) is 18.9 Å². The van der Waals surface area contributed by atoms with Crippen molar-refractivity contribution in [2.45, 2.75) is 39.3 Å². The van der Waals surface area contributed by atoms with E-state index in [1.165, 1.54) is 12.1 Å². The van der Waals surface area contributed by atoms with Gasteiger partial charge in [0.05, 0.1) is 6.61 Å². The maximum atomic E-state index is 13.6. The lowest BCUT2D eigenvalue weighted by molar-refractivity contribution is 0.135. The van der Waals surface area contributed by atoms with Gasteiger partial charge in [-0.3, -0.25) is 4.90 Å². The molecule has 0 heterocycles. The van der Waals surface area contributed by atoms with Crippen molar-refractivity contribution in [1.29, 1.82) is 0 Å². The Bertz CT molecular complexity index is 367. The van der Waals surface area contributed by atoms with Crippen LogP contribution in [0, 0.1) is 11.6 Å². The second-order valence-electron chi connectivity index (χ2n) is 4.40. The summed E-state index contributed by atoms with van der Waals surface area (Å²) in [5.41, 5.74) is 0.469. The summed E-state index contributed by atoms with van der Waals surface area (Å²) in [6, 6.07) is 3.95. The fourth-order valence-electron chi connectivity index (χ4n) is 2.19. The molecule has 2 nitrogen and oxygen atoms in total. The van der Waals surface area contributed by atoms with E-state index in [1.54, 1.807) is 0 Å². The Morgan fingerprint density at radius 3 is 2.39 bits per heavy atom. The molecule has 0 aliphatic rings. The Labute approximate surface area is 107 Å². The standard InChI is InChI=1S/C14H21F2NO/c1-3-13(4-2)17(7-8-18)10-11-5-6-12(15)9-14(11)16/h5-6,9,13,18H,3-4,7-8,10H2,1-2H3. The zero-order valence-electron chi connectivity index (χ0n) is 11.0. The van der Waals surface area contributed by atoms with Crippen LogP contribution in [0.25, 0.3) is 0 Å². The lowest BCUT2D eigenvalue weighted by Gasteiger charge is -2.29. The average molecular weight is 257 g/mol. The number of hydrogen-bond acceptors (Lipinski definition) is 2. The molecule has 0 spiro atoms. The van der Waals surface area contributed by atoms with Crippen molar-refractivity contribution in [1.82, 2.24) is 4.90 Å². The lowest BCUT2D eigenvalue weighted by atomic mass is 10.1. The zero-order chi connectivity index (χ0) is 13.5. The van der Waals surface area contributed by atoms with E-state index in [4.69, 9.17) is 5.11 Å². The molecule has 18 heavy (non-hydrogen) atoms. The summed E-state index contributed by atoms with van der Waals surface area (Å²) >= 11 is 0. The van der Waals surface area contributed by atoms with Gasteiger partial charge in [-0.1, -0.05) is 19.9 Å². The third-order valence-corrected chi connectivity index (χ3v) is 3.23. The van der Waals surface area contributed by atoms with Crippen molar-refractivity contribution >= 4 is 0 Å². The van der Waals surface area contributed by atoms with Gasteiger partial charge in [-0.25, -0.2) is 8.78 Å². The van der Waals surface area contributed by atoms with Crippen LogP contribution in [0.1, 0.15) is 32.3 Å². The highest BCUT2D eigenvalue weighted by molar-refractivity contribution is 5.18. The van der Waals surface area contributed by atoms with Gasteiger partial charge in [-0.2, -0.15) is 0 Å². The normalized spacial score (nSPS) is 11.5. The van der Waals surface area contributed by atoms with Gasteiger partial charge in [-0.15, -0.1) is 0 Å². The van der Waals surface area contributed by atoms with Crippen LogP contribution < -0.4 is 0 Å². The van der Waals surface area contributed by atoms with Crippen LogP contribution in [0.5, 0.6) is 0 Å². The molecule has 4 heteroatoms. The summed E-state index contributed by atoms with van der Waals surface area (Å²) in [5, 5.41) is 9.07. The number of rotatable bonds is 7. The summed E-state index contributed by atoms with van der Waals surface area (Å²) in [7, 11) is 0. The van der Waals surface area contributed by atoms with Crippen LogP contribution in [0.4, 0.5) is 8.78 Å². The topological polar surface area (TPSA) is 23.5 Å². The minimum Gasteiger partial charge on any atom is -0.395 e. The highest BCUT2D eigenvalue weighted by atomic mass is 19.1. The van der Waals surface area contributed by atoms with Crippen molar-refractivity contribution in [3.8, 4) is 0 Å². The quantitative estimate of drug-likeness (QED) is 0.811. The largest absolute Gasteiger partial charge is 0.395 e. The third kappa shape index (κ3) is 4.03. The van der Waals surface area contributed by atoms with Gasteiger partial charge >= 0.3 is 0 Å². The second-order valence-corrected chi connectivity index (χ2v) is 4.40. The maximum absolute atomic E-state index is 13.6. The van der Waals surface area contributed by atoms with Gasteiger partial charge in [0.25, 0.3) is 0 Å². The predicted molar refractivity (Wildman–Crippen MR) is 68.2 cm³/mol. The van der Waals surface area contributed by atoms with E-state index in [0.717, 1.165) is 18.9 Å². The zero-order valence-corrected chi connectivity index (χ0v) is 11.0. The van der Waals surface area contributed by atoms with Gasteiger partial charge in [0.1, 0.15) is 11.6 Å². The first-order valence-corrected chi connectivity index (χ1v) is 6.41. The fraction of sp³-hybridized carbons (Fsp3) is 0.571. The average Bonchev–Trinajstić information content (AvgIpc) is 2.34. The minimum atomic E-state index is -0.563. The summed E-state index contributed by atoms with van der Waals surface area (Å²) < 4.78 is 26.4. The number of hydrogen-bond donors (Lipinski definition) is 1. The van der Waals surface area contributed by atoms with Crippen LogP contribution in [-0.2, 0) is 6.54 Å². The number of halogens is 2. The Morgan fingerprint density at radius 2 is 1.89 bits per heavy atom. The van der Waals surface area contributed by atoms with E-state index in [9.17, 15) is 8.78 Å². The van der Waals surface area contributed by atoms with Crippen LogP contribution in [0.2, 0.25) is 0 Å². The van der Waals surface area contributed by atoms with Crippen molar-refractivity contribution in [3.05, 3.63) is 35.4 Å². The second kappa shape index (κ2) is 7.44. The van der Waals surface area contributed by atoms with Crippen LogP contribution in [0.15, 0.2) is 18.2 Å². The first kappa shape index (κ1) is 15.1. The molecular formula is C14H21F2NO. The molecular weight excluding hydrogens is 236 g/mol. The number of nitrogens with zero attached hydrogens (tertiary/aromatic N) is 1. The molecule has 1 aromatic rings. The number of benzene rings is 1. The predicted octanol–water partition coefficient (Wildman–Crippen LogP) is 2.95. The molecule has 1 rings (SSSR count). The Hall–Kier alpha value is -1.00. The molecule has 0 atom stereocenters. The Kier molecular flexibility index (Phi) is 6.22. The minimum absolute atomic E-state index is 0.0410. The van der Waals surface area contributed by atoms with Gasteiger partial charge in [0.15, 0.2) is 0 Å². The molecule has 0 aromatic heterocycles. The molecule has 0 amide bonds. The van der Waals surface area contributed by atoms with Crippen LogP contribution >= 0.6 is 0 Å². The molecule has 0 fully saturated rings. The van der Waals surface area contributed by atoms with E-state index < -0.39 is 11.6 Å². The van der Waals surface area contributed by atoms with Crippen molar-refractivity contribution in [2.24, 2.45) is 0 Å². The van der Waals surface area contributed by atoms with Crippen molar-refractivity contribution in [2.75, 3.05) is 13.2 Å². The van der Waals surface area contributed by atoms with Crippen molar-refractivity contribution < 1.29 is 13.9 Å². The molecule has 0 saturated heterocycles. The van der Waals surface area contributed by atoms with Gasteiger partial charge in [0, 0.05) is 30.8 Å². The fourth-order valence-corrected chi connectivity index (χ4v) is 2.19. The summed E-state index contributed by atoms with van der Waals surface area (Å²) in [5.74, 6) is -1.09. The maximum Gasteiger partial charge on any atom is 0.130 e. The number of aliphatic hydroxyl groups is 1. The molecule has 1 aromatic carbocycles. The van der Waals surface area contributed by atoms with Crippen LogP contribution in [-0.4, -0.2) is 29.2 Å². The van der Waals surface area contributed by atoms with E-state index in [1.807, 2.05) is 4.90 Å². The van der Waals surface area contributed by atoms with E-state index in [-0.39, 0.29) is 6.61 Å². The molecule has 1 N–H and O–H groups in total. The molecule has 102 valence electrons. The summed E-state index contributed by atoms with van der Waals surface area (Å²) in [6.07, 6.45) is 1.89. The van der Waals surface area contributed by atoms with Crippen molar-refractivity contribution in [3.63, 3.8) is 0 Å². The third-order valence-electron chi connectivity index (χ3n) is 3.23. The van der Waals surface area contributed by atoms with Gasteiger partial charge < -0.3 is 5.11 Å². The SMILES string of the molecule is CCC(CC)N(CCO)Cc1ccc(F)cc1F. The highest BCUT2D eigenvalue weighted by Crippen LogP contribution is 2.16. The van der Waals surface area contributed by atoms with Crippen LogP contribution in [0.3, 0.4) is 0 Å². The summed E-state index contributed by atoms with van der Waals surface area (Å²) in [6.45, 7) is 5.08. The Balaban J connectivity index is 2.82. The molecule has 0 radical (unpaired) electrons. The Morgan fingerprint density at radius 1 is 1.22 bits per heavy atom.